The molecule has 1 unspecified atom stereocenters. The maximum Gasteiger partial charge on any atom is 0.258 e. The maximum atomic E-state index is 12.2. The highest BCUT2D eigenvalue weighted by Crippen LogP contribution is 2.23. The number of nitrogens with one attached hydrogen (secondary N) is 1. The lowest BCUT2D eigenvalue weighted by Crippen LogP contribution is -2.27. The van der Waals surface area contributed by atoms with Gasteiger partial charge in [-0.25, -0.2) is 18.1 Å². The Balaban J connectivity index is 2.22. The van der Waals surface area contributed by atoms with Crippen LogP contribution in [0, 0.1) is 0 Å². The minimum absolute atomic E-state index is 0.0985. The highest BCUT2D eigenvalue weighted by Gasteiger charge is 2.20. The minimum atomic E-state index is -3.75. The van der Waals surface area contributed by atoms with Crippen LogP contribution in [-0.2, 0) is 16.6 Å². The first kappa shape index (κ1) is 15.9. The number of aromatic nitrogens is 1. The molecule has 1 atom stereocenters. The van der Waals surface area contributed by atoms with Gasteiger partial charge in [-0.1, -0.05) is 35.9 Å². The van der Waals surface area contributed by atoms with Gasteiger partial charge in [0.25, 0.3) is 10.0 Å². The Morgan fingerprint density at radius 3 is 2.57 bits per heavy atom. The number of nitrogens with zero attached hydrogens (tertiary/aromatic N) is 1. The molecule has 112 valence electrons. The summed E-state index contributed by atoms with van der Waals surface area (Å²) in [4.78, 5) is 3.85. The second kappa shape index (κ2) is 6.53. The molecule has 0 saturated carbocycles. The van der Waals surface area contributed by atoms with Crippen molar-refractivity contribution in [3.63, 3.8) is 0 Å². The summed E-state index contributed by atoms with van der Waals surface area (Å²) in [6, 6.07) is 9.42. The number of aliphatic hydroxyl groups excluding tert-OH is 1. The molecule has 7 heteroatoms. The number of hydrogen-bond acceptors (Lipinski definition) is 4. The molecule has 0 aliphatic carbocycles. The molecular formula is C14H15ClN2O3S. The molecule has 0 aliphatic rings. The number of sulfonamides is 1. The summed E-state index contributed by atoms with van der Waals surface area (Å²) in [7, 11) is -3.75. The summed E-state index contributed by atoms with van der Waals surface area (Å²) in [5, 5.41) is 9.33. The predicted molar refractivity (Wildman–Crippen MR) is 80.3 cm³/mol. The zero-order chi connectivity index (χ0) is 15.5. The first-order valence-electron chi connectivity index (χ1n) is 6.26. The van der Waals surface area contributed by atoms with Gasteiger partial charge >= 0.3 is 0 Å². The van der Waals surface area contributed by atoms with Gasteiger partial charge in [0, 0.05) is 17.3 Å². The van der Waals surface area contributed by atoms with Crippen LogP contribution >= 0.6 is 11.6 Å². The third-order valence-corrected chi connectivity index (χ3v) is 4.76. The second-order valence-electron chi connectivity index (χ2n) is 4.53. The van der Waals surface area contributed by atoms with Crippen LogP contribution in [0.25, 0.3) is 0 Å². The Morgan fingerprint density at radius 2 is 2.00 bits per heavy atom. The molecule has 21 heavy (non-hydrogen) atoms. The first-order valence-corrected chi connectivity index (χ1v) is 8.12. The summed E-state index contributed by atoms with van der Waals surface area (Å²) >= 11 is 6.06. The topological polar surface area (TPSA) is 79.3 Å². The molecule has 1 aromatic heterocycles. The molecule has 2 rings (SSSR count). The molecule has 1 heterocycles. The van der Waals surface area contributed by atoms with E-state index in [2.05, 4.69) is 9.71 Å². The van der Waals surface area contributed by atoms with Gasteiger partial charge in [-0.05, 0) is 30.2 Å². The van der Waals surface area contributed by atoms with E-state index in [1.165, 1.54) is 18.3 Å². The third-order valence-electron chi connectivity index (χ3n) is 2.96. The number of rotatable bonds is 5. The normalized spacial score (nSPS) is 13.1. The lowest BCUT2D eigenvalue weighted by Gasteiger charge is -2.15. The van der Waals surface area contributed by atoms with Gasteiger partial charge in [0.2, 0.25) is 0 Å². The summed E-state index contributed by atoms with van der Waals surface area (Å²) in [6.45, 7) is 1.53. The molecule has 0 amide bonds. The monoisotopic (exact) mass is 326 g/mol. The summed E-state index contributed by atoms with van der Waals surface area (Å²) in [5.41, 5.74) is 1.24. The van der Waals surface area contributed by atoms with Crippen molar-refractivity contribution in [2.75, 3.05) is 0 Å². The van der Waals surface area contributed by atoms with E-state index >= 15 is 0 Å². The standard InChI is InChI=1S/C14H15ClN2O3S/c1-10(12-4-2-3-5-13(12)15)17-21(19,20)14-7-6-11(9-18)8-16-14/h2-8,10,17-18H,9H2,1H3. The van der Waals surface area contributed by atoms with Crippen molar-refractivity contribution in [3.05, 3.63) is 58.7 Å². The lowest BCUT2D eigenvalue weighted by atomic mass is 10.1. The molecule has 0 spiro atoms. The molecule has 2 N–H and O–H groups in total. The fraction of sp³-hybridized carbons (Fsp3) is 0.214. The lowest BCUT2D eigenvalue weighted by molar-refractivity contribution is 0.281. The second-order valence-corrected chi connectivity index (χ2v) is 6.60. The van der Waals surface area contributed by atoms with Crippen LogP contribution in [0.5, 0.6) is 0 Å². The predicted octanol–water partition coefficient (Wildman–Crippen LogP) is 2.27. The Kier molecular flexibility index (Phi) is 4.95. The summed E-state index contributed by atoms with van der Waals surface area (Å²) < 4.78 is 27.0. The van der Waals surface area contributed by atoms with Crippen molar-refractivity contribution < 1.29 is 13.5 Å². The number of benzene rings is 1. The smallest absolute Gasteiger partial charge is 0.258 e. The van der Waals surface area contributed by atoms with Gasteiger partial charge in [0.1, 0.15) is 0 Å². The molecular weight excluding hydrogens is 312 g/mol. The average Bonchev–Trinajstić information content (AvgIpc) is 2.47. The van der Waals surface area contributed by atoms with Gasteiger partial charge in [0.15, 0.2) is 5.03 Å². The van der Waals surface area contributed by atoms with E-state index in [1.807, 2.05) is 0 Å². The van der Waals surface area contributed by atoms with E-state index in [0.717, 1.165) is 0 Å². The van der Waals surface area contributed by atoms with Crippen LogP contribution in [0.2, 0.25) is 5.02 Å². The average molecular weight is 327 g/mol. The Labute approximate surface area is 128 Å². The quantitative estimate of drug-likeness (QED) is 0.883. The maximum absolute atomic E-state index is 12.2. The van der Waals surface area contributed by atoms with E-state index in [4.69, 9.17) is 16.7 Å². The largest absolute Gasteiger partial charge is 0.392 e. The van der Waals surface area contributed by atoms with Crippen LogP contribution in [-0.4, -0.2) is 18.5 Å². The molecule has 0 radical (unpaired) electrons. The first-order chi connectivity index (χ1) is 9.94. The van der Waals surface area contributed by atoms with Crippen molar-refractivity contribution in [1.29, 1.82) is 0 Å². The van der Waals surface area contributed by atoms with Crippen LogP contribution in [0.4, 0.5) is 0 Å². The Hall–Kier alpha value is -1.47. The van der Waals surface area contributed by atoms with Crippen LogP contribution in [0.1, 0.15) is 24.1 Å². The fourth-order valence-electron chi connectivity index (χ4n) is 1.85. The SMILES string of the molecule is CC(NS(=O)(=O)c1ccc(CO)cn1)c1ccccc1Cl. The number of pyridine rings is 1. The zero-order valence-electron chi connectivity index (χ0n) is 11.3. The summed E-state index contributed by atoms with van der Waals surface area (Å²) in [5.74, 6) is 0. The molecule has 2 aromatic rings. The van der Waals surface area contributed by atoms with Crippen molar-refractivity contribution >= 4 is 21.6 Å². The van der Waals surface area contributed by atoms with Crippen molar-refractivity contribution in [1.82, 2.24) is 9.71 Å². The number of aliphatic hydroxyl groups is 1. The number of hydrogen-bond donors (Lipinski definition) is 2. The third kappa shape index (κ3) is 3.79. The molecule has 0 aliphatic heterocycles. The van der Waals surface area contributed by atoms with Crippen molar-refractivity contribution in [2.45, 2.75) is 24.6 Å². The molecule has 0 bridgehead atoms. The Morgan fingerprint density at radius 1 is 1.29 bits per heavy atom. The van der Waals surface area contributed by atoms with Crippen LogP contribution in [0.15, 0.2) is 47.6 Å². The molecule has 0 fully saturated rings. The molecule has 1 aromatic carbocycles. The van der Waals surface area contributed by atoms with Gasteiger partial charge in [0.05, 0.1) is 6.61 Å². The van der Waals surface area contributed by atoms with E-state index < -0.39 is 16.1 Å². The van der Waals surface area contributed by atoms with E-state index in [1.54, 1.807) is 31.2 Å². The van der Waals surface area contributed by atoms with E-state index in [-0.39, 0.29) is 11.6 Å². The molecule has 0 saturated heterocycles. The van der Waals surface area contributed by atoms with Gasteiger partial charge < -0.3 is 5.11 Å². The Bertz CT molecular complexity index is 717. The van der Waals surface area contributed by atoms with Gasteiger partial charge in [-0.15, -0.1) is 0 Å². The highest BCUT2D eigenvalue weighted by molar-refractivity contribution is 7.89. The molecule has 5 nitrogen and oxygen atoms in total. The van der Waals surface area contributed by atoms with Crippen LogP contribution in [0.3, 0.4) is 0 Å². The van der Waals surface area contributed by atoms with Crippen molar-refractivity contribution in [3.8, 4) is 0 Å². The van der Waals surface area contributed by atoms with Crippen LogP contribution < -0.4 is 4.72 Å². The zero-order valence-corrected chi connectivity index (χ0v) is 12.9. The minimum Gasteiger partial charge on any atom is -0.392 e. The van der Waals surface area contributed by atoms with E-state index in [9.17, 15) is 8.42 Å². The van der Waals surface area contributed by atoms with E-state index in [0.29, 0.717) is 16.1 Å². The van der Waals surface area contributed by atoms with Crippen molar-refractivity contribution in [2.24, 2.45) is 0 Å². The summed E-state index contributed by atoms with van der Waals surface area (Å²) in [6.07, 6.45) is 1.33. The number of halogens is 1. The van der Waals surface area contributed by atoms with Gasteiger partial charge in [-0.2, -0.15) is 0 Å². The fourth-order valence-corrected chi connectivity index (χ4v) is 3.30. The van der Waals surface area contributed by atoms with Gasteiger partial charge in [-0.3, -0.25) is 0 Å². The highest BCUT2D eigenvalue weighted by atomic mass is 35.5.